The molecule has 2 aliphatic rings. The fourth-order valence-electron chi connectivity index (χ4n) is 2.43. The van der Waals surface area contributed by atoms with Gasteiger partial charge < -0.3 is 5.32 Å². The first kappa shape index (κ1) is 10.2. The van der Waals surface area contributed by atoms with Crippen molar-refractivity contribution in [3.8, 4) is 0 Å². The molecule has 1 aliphatic carbocycles. The van der Waals surface area contributed by atoms with Gasteiger partial charge >= 0.3 is 0 Å². The zero-order valence-electron chi connectivity index (χ0n) is 8.93. The van der Waals surface area contributed by atoms with Crippen molar-refractivity contribution in [2.45, 2.75) is 57.4 Å². The van der Waals surface area contributed by atoms with E-state index in [1.54, 1.807) is 0 Å². The van der Waals surface area contributed by atoms with Gasteiger partial charge in [-0.25, -0.2) is 0 Å². The SMILES string of the molecule is O=C(CC1CCC1)C1CCCCCN1. The quantitative estimate of drug-likeness (QED) is 0.748. The molecule has 2 nitrogen and oxygen atoms in total. The number of hydrogen-bond donors (Lipinski definition) is 1. The number of carbonyl (C=O) groups excluding carboxylic acids is 1. The van der Waals surface area contributed by atoms with Crippen LogP contribution in [0.4, 0.5) is 0 Å². The second-order valence-electron chi connectivity index (χ2n) is 4.82. The maximum absolute atomic E-state index is 11.9. The molecule has 2 rings (SSSR count). The summed E-state index contributed by atoms with van der Waals surface area (Å²) in [7, 11) is 0. The highest BCUT2D eigenvalue weighted by Gasteiger charge is 2.25. The molecule has 2 heteroatoms. The van der Waals surface area contributed by atoms with E-state index in [0.717, 1.165) is 25.3 Å². The van der Waals surface area contributed by atoms with E-state index in [2.05, 4.69) is 5.32 Å². The Labute approximate surface area is 86.5 Å². The van der Waals surface area contributed by atoms with Crippen LogP contribution in [0.5, 0.6) is 0 Å². The molecule has 0 bridgehead atoms. The molecule has 0 amide bonds. The van der Waals surface area contributed by atoms with E-state index < -0.39 is 0 Å². The third kappa shape index (κ3) is 2.57. The van der Waals surface area contributed by atoms with E-state index in [4.69, 9.17) is 0 Å². The van der Waals surface area contributed by atoms with Crippen LogP contribution < -0.4 is 5.32 Å². The van der Waals surface area contributed by atoms with Crippen molar-refractivity contribution < 1.29 is 4.79 Å². The van der Waals surface area contributed by atoms with Crippen molar-refractivity contribution in [1.82, 2.24) is 5.32 Å². The monoisotopic (exact) mass is 195 g/mol. The lowest BCUT2D eigenvalue weighted by molar-refractivity contribution is -0.122. The average Bonchev–Trinajstić information content (AvgIpc) is 2.38. The molecule has 2 fully saturated rings. The molecular formula is C12H21NO. The summed E-state index contributed by atoms with van der Waals surface area (Å²) in [5.41, 5.74) is 0. The molecule has 1 aliphatic heterocycles. The van der Waals surface area contributed by atoms with Gasteiger partial charge in [-0.1, -0.05) is 32.1 Å². The zero-order valence-corrected chi connectivity index (χ0v) is 8.93. The first-order chi connectivity index (χ1) is 6.86. The second kappa shape index (κ2) is 4.92. The maximum atomic E-state index is 11.9. The molecular weight excluding hydrogens is 174 g/mol. The maximum Gasteiger partial charge on any atom is 0.150 e. The highest BCUT2D eigenvalue weighted by molar-refractivity contribution is 5.84. The highest BCUT2D eigenvalue weighted by Crippen LogP contribution is 2.30. The van der Waals surface area contributed by atoms with E-state index in [0.29, 0.717) is 5.78 Å². The van der Waals surface area contributed by atoms with E-state index >= 15 is 0 Å². The van der Waals surface area contributed by atoms with Crippen molar-refractivity contribution in [1.29, 1.82) is 0 Å². The van der Waals surface area contributed by atoms with E-state index in [1.807, 2.05) is 0 Å². The minimum atomic E-state index is 0.193. The van der Waals surface area contributed by atoms with Gasteiger partial charge in [0.1, 0.15) is 5.78 Å². The van der Waals surface area contributed by atoms with Gasteiger partial charge in [-0.3, -0.25) is 4.79 Å². The normalized spacial score (nSPS) is 29.3. The number of carbonyl (C=O) groups is 1. The first-order valence-electron chi connectivity index (χ1n) is 6.12. The molecule has 0 aromatic carbocycles. The molecule has 0 aromatic rings. The van der Waals surface area contributed by atoms with Gasteiger partial charge in [0, 0.05) is 6.42 Å². The molecule has 14 heavy (non-hydrogen) atoms. The number of nitrogens with one attached hydrogen (secondary N) is 1. The summed E-state index contributed by atoms with van der Waals surface area (Å²) in [5, 5.41) is 3.39. The fourth-order valence-corrected chi connectivity index (χ4v) is 2.43. The van der Waals surface area contributed by atoms with E-state index in [1.165, 1.54) is 38.5 Å². The topological polar surface area (TPSA) is 29.1 Å². The van der Waals surface area contributed by atoms with Crippen LogP contribution in [0.2, 0.25) is 0 Å². The van der Waals surface area contributed by atoms with Gasteiger partial charge in [-0.2, -0.15) is 0 Å². The third-order valence-corrected chi connectivity index (χ3v) is 3.66. The number of rotatable bonds is 3. The molecule has 1 heterocycles. The van der Waals surface area contributed by atoms with Gasteiger partial charge in [-0.05, 0) is 25.3 Å². The Bertz CT molecular complexity index is 190. The van der Waals surface area contributed by atoms with Crippen LogP contribution in [0.15, 0.2) is 0 Å². The van der Waals surface area contributed by atoms with Crippen LogP contribution >= 0.6 is 0 Å². The lowest BCUT2D eigenvalue weighted by atomic mass is 9.80. The smallest absolute Gasteiger partial charge is 0.150 e. The number of hydrogen-bond acceptors (Lipinski definition) is 2. The van der Waals surface area contributed by atoms with Crippen molar-refractivity contribution in [3.05, 3.63) is 0 Å². The predicted octanol–water partition coefficient (Wildman–Crippen LogP) is 2.28. The molecule has 1 saturated heterocycles. The molecule has 0 aromatic heterocycles. The highest BCUT2D eigenvalue weighted by atomic mass is 16.1. The lowest BCUT2D eigenvalue weighted by Gasteiger charge is -2.26. The minimum absolute atomic E-state index is 0.193. The van der Waals surface area contributed by atoms with Crippen LogP contribution in [0.1, 0.15) is 51.4 Å². The molecule has 0 radical (unpaired) electrons. The molecule has 1 saturated carbocycles. The van der Waals surface area contributed by atoms with Crippen molar-refractivity contribution in [2.75, 3.05) is 6.54 Å². The van der Waals surface area contributed by atoms with Crippen LogP contribution in [0.3, 0.4) is 0 Å². The van der Waals surface area contributed by atoms with Crippen molar-refractivity contribution in [2.24, 2.45) is 5.92 Å². The minimum Gasteiger partial charge on any atom is -0.307 e. The molecule has 80 valence electrons. The Kier molecular flexibility index (Phi) is 3.57. The predicted molar refractivity (Wildman–Crippen MR) is 57.2 cm³/mol. The van der Waals surface area contributed by atoms with Crippen molar-refractivity contribution in [3.63, 3.8) is 0 Å². The molecule has 0 spiro atoms. The summed E-state index contributed by atoms with van der Waals surface area (Å²) in [6, 6.07) is 0.193. The molecule has 1 atom stereocenters. The summed E-state index contributed by atoms with van der Waals surface area (Å²) in [5.74, 6) is 1.21. The number of ketones is 1. The van der Waals surface area contributed by atoms with Gasteiger partial charge in [0.15, 0.2) is 0 Å². The van der Waals surface area contributed by atoms with Crippen LogP contribution in [-0.2, 0) is 4.79 Å². The van der Waals surface area contributed by atoms with Gasteiger partial charge in [0.05, 0.1) is 6.04 Å². The number of Topliss-reactive ketones (excluding diaryl/α,β-unsaturated/α-hetero) is 1. The van der Waals surface area contributed by atoms with E-state index in [9.17, 15) is 4.79 Å². The fraction of sp³-hybridized carbons (Fsp3) is 0.917. The average molecular weight is 195 g/mol. The van der Waals surface area contributed by atoms with E-state index in [-0.39, 0.29) is 6.04 Å². The summed E-state index contributed by atoms with van der Waals surface area (Å²) in [6.45, 7) is 1.04. The Balaban J connectivity index is 1.76. The Morgan fingerprint density at radius 3 is 2.64 bits per heavy atom. The van der Waals surface area contributed by atoms with Gasteiger partial charge in [0.2, 0.25) is 0 Å². The summed E-state index contributed by atoms with van der Waals surface area (Å²) >= 11 is 0. The summed E-state index contributed by atoms with van der Waals surface area (Å²) < 4.78 is 0. The van der Waals surface area contributed by atoms with Crippen LogP contribution in [-0.4, -0.2) is 18.4 Å². The Hall–Kier alpha value is -0.370. The molecule has 1 N–H and O–H groups in total. The van der Waals surface area contributed by atoms with Gasteiger partial charge in [-0.15, -0.1) is 0 Å². The Morgan fingerprint density at radius 2 is 1.93 bits per heavy atom. The van der Waals surface area contributed by atoms with Crippen molar-refractivity contribution >= 4 is 5.78 Å². The summed E-state index contributed by atoms with van der Waals surface area (Å²) in [6.07, 6.45) is 9.61. The lowest BCUT2D eigenvalue weighted by Crippen LogP contribution is -2.37. The zero-order chi connectivity index (χ0) is 9.80. The standard InChI is InChI=1S/C12H21NO/c14-12(9-10-5-4-6-10)11-7-2-1-3-8-13-11/h10-11,13H,1-9H2. The van der Waals surface area contributed by atoms with Crippen LogP contribution in [0, 0.1) is 5.92 Å². The molecule has 1 unspecified atom stereocenters. The van der Waals surface area contributed by atoms with Gasteiger partial charge in [0.25, 0.3) is 0 Å². The second-order valence-corrected chi connectivity index (χ2v) is 4.82. The van der Waals surface area contributed by atoms with Crippen LogP contribution in [0.25, 0.3) is 0 Å². The first-order valence-corrected chi connectivity index (χ1v) is 6.12. The Morgan fingerprint density at radius 1 is 1.07 bits per heavy atom. The third-order valence-electron chi connectivity index (χ3n) is 3.66. The summed E-state index contributed by atoms with van der Waals surface area (Å²) in [4.78, 5) is 11.9. The largest absolute Gasteiger partial charge is 0.307 e.